The Balaban J connectivity index is 1.83. The lowest BCUT2D eigenvalue weighted by Crippen LogP contribution is -2.33. The van der Waals surface area contributed by atoms with Gasteiger partial charge in [0.25, 0.3) is 0 Å². The number of ether oxygens (including phenoxy) is 2. The van der Waals surface area contributed by atoms with Crippen LogP contribution in [0.15, 0.2) is 48.5 Å². The molecule has 1 N–H and O–H groups in total. The van der Waals surface area contributed by atoms with E-state index in [9.17, 15) is 9.59 Å². The van der Waals surface area contributed by atoms with Crippen LogP contribution in [0.2, 0.25) is 0 Å². The van der Waals surface area contributed by atoms with Gasteiger partial charge >= 0.3 is 0 Å². The van der Waals surface area contributed by atoms with Gasteiger partial charge in [-0.25, -0.2) is 0 Å². The van der Waals surface area contributed by atoms with E-state index in [1.165, 1.54) is 6.92 Å². The number of anilines is 1. The molecule has 0 heterocycles. The van der Waals surface area contributed by atoms with Crippen molar-refractivity contribution < 1.29 is 19.1 Å². The Kier molecular flexibility index (Phi) is 7.67. The van der Waals surface area contributed by atoms with E-state index in [1.54, 1.807) is 31.3 Å². The summed E-state index contributed by atoms with van der Waals surface area (Å²) in [6.07, 6.45) is 0.959. The van der Waals surface area contributed by atoms with Crippen molar-refractivity contribution in [3.05, 3.63) is 54.1 Å². The van der Waals surface area contributed by atoms with Gasteiger partial charge in [-0.1, -0.05) is 18.2 Å². The molecule has 2 aromatic rings. The Bertz CT molecular complexity index is 759. The van der Waals surface area contributed by atoms with Gasteiger partial charge in [0.2, 0.25) is 11.8 Å². The molecule has 0 saturated heterocycles. The molecule has 2 amide bonds. The minimum absolute atomic E-state index is 0.0438. The molecule has 0 bridgehead atoms. The lowest BCUT2D eigenvalue weighted by Gasteiger charge is -2.21. The molecule has 0 fully saturated rings. The van der Waals surface area contributed by atoms with Crippen LogP contribution in [0.3, 0.4) is 0 Å². The standard InChI is InChI=1S/C21H26N2O4/c1-16(24)23(13-11-17-7-9-19(26-2)10-8-17)14-12-21(25)22-18-5-4-6-20(15-18)27-3/h4-10,15H,11-14H2,1-3H3,(H,22,25). The van der Waals surface area contributed by atoms with Crippen LogP contribution in [-0.2, 0) is 16.0 Å². The summed E-state index contributed by atoms with van der Waals surface area (Å²) in [4.78, 5) is 25.7. The van der Waals surface area contributed by atoms with Crippen LogP contribution in [-0.4, -0.2) is 44.0 Å². The Hall–Kier alpha value is -3.02. The highest BCUT2D eigenvalue weighted by Crippen LogP contribution is 2.17. The van der Waals surface area contributed by atoms with Crippen molar-refractivity contribution in [3.63, 3.8) is 0 Å². The zero-order chi connectivity index (χ0) is 19.6. The van der Waals surface area contributed by atoms with Gasteiger partial charge in [-0.3, -0.25) is 9.59 Å². The number of nitrogens with zero attached hydrogens (tertiary/aromatic N) is 1. The van der Waals surface area contributed by atoms with Crippen LogP contribution in [0, 0.1) is 0 Å². The molecular formula is C21H26N2O4. The summed E-state index contributed by atoms with van der Waals surface area (Å²) in [6, 6.07) is 14.9. The van der Waals surface area contributed by atoms with E-state index in [0.29, 0.717) is 24.5 Å². The molecule has 6 nitrogen and oxygen atoms in total. The first-order chi connectivity index (χ1) is 13.0. The van der Waals surface area contributed by atoms with Crippen LogP contribution in [0.25, 0.3) is 0 Å². The van der Waals surface area contributed by atoms with Gasteiger partial charge in [0.1, 0.15) is 11.5 Å². The number of methoxy groups -OCH3 is 2. The van der Waals surface area contributed by atoms with Gasteiger partial charge in [0.15, 0.2) is 0 Å². The van der Waals surface area contributed by atoms with Crippen molar-refractivity contribution in [2.24, 2.45) is 0 Å². The maximum Gasteiger partial charge on any atom is 0.226 e. The molecule has 0 atom stereocenters. The van der Waals surface area contributed by atoms with E-state index in [2.05, 4.69) is 5.32 Å². The number of hydrogen-bond acceptors (Lipinski definition) is 4. The highest BCUT2D eigenvalue weighted by Gasteiger charge is 2.12. The molecule has 27 heavy (non-hydrogen) atoms. The number of amides is 2. The minimum atomic E-state index is -0.140. The molecule has 0 saturated carbocycles. The van der Waals surface area contributed by atoms with E-state index >= 15 is 0 Å². The maximum atomic E-state index is 12.2. The van der Waals surface area contributed by atoms with Gasteiger partial charge < -0.3 is 19.7 Å². The molecule has 0 aliphatic heterocycles. The predicted molar refractivity (Wildman–Crippen MR) is 105 cm³/mol. The third-order valence-electron chi connectivity index (χ3n) is 4.24. The second-order valence-corrected chi connectivity index (χ2v) is 6.13. The van der Waals surface area contributed by atoms with Crippen molar-refractivity contribution in [3.8, 4) is 11.5 Å². The Labute approximate surface area is 160 Å². The van der Waals surface area contributed by atoms with E-state index in [0.717, 1.165) is 17.7 Å². The Morgan fingerprint density at radius 2 is 1.67 bits per heavy atom. The predicted octanol–water partition coefficient (Wildman–Crippen LogP) is 3.12. The van der Waals surface area contributed by atoms with Gasteiger partial charge in [0.05, 0.1) is 14.2 Å². The van der Waals surface area contributed by atoms with Crippen molar-refractivity contribution in [1.29, 1.82) is 0 Å². The van der Waals surface area contributed by atoms with E-state index in [-0.39, 0.29) is 18.2 Å². The average molecular weight is 370 g/mol. The third-order valence-corrected chi connectivity index (χ3v) is 4.24. The zero-order valence-electron chi connectivity index (χ0n) is 16.0. The van der Waals surface area contributed by atoms with E-state index in [4.69, 9.17) is 9.47 Å². The summed E-state index contributed by atoms with van der Waals surface area (Å²) in [5.41, 5.74) is 1.79. The minimum Gasteiger partial charge on any atom is -0.497 e. The number of rotatable bonds is 9. The van der Waals surface area contributed by atoms with Crippen LogP contribution in [0.4, 0.5) is 5.69 Å². The second kappa shape index (κ2) is 10.2. The van der Waals surface area contributed by atoms with E-state index in [1.807, 2.05) is 36.4 Å². The second-order valence-electron chi connectivity index (χ2n) is 6.13. The molecule has 0 radical (unpaired) electrons. The van der Waals surface area contributed by atoms with Crippen LogP contribution >= 0.6 is 0 Å². The number of carbonyl (C=O) groups excluding carboxylic acids is 2. The smallest absolute Gasteiger partial charge is 0.226 e. The lowest BCUT2D eigenvalue weighted by atomic mass is 10.1. The first-order valence-corrected chi connectivity index (χ1v) is 8.84. The summed E-state index contributed by atoms with van der Waals surface area (Å²) < 4.78 is 10.3. The van der Waals surface area contributed by atoms with Crippen molar-refractivity contribution in [2.75, 3.05) is 32.6 Å². The molecule has 0 aliphatic carbocycles. The summed E-state index contributed by atoms with van der Waals surface area (Å²) in [5, 5.41) is 2.83. The maximum absolute atomic E-state index is 12.2. The summed E-state index contributed by atoms with van der Waals surface area (Å²) in [6.45, 7) is 2.46. The van der Waals surface area contributed by atoms with Gasteiger partial charge in [-0.05, 0) is 36.2 Å². The molecule has 0 spiro atoms. The molecule has 2 rings (SSSR count). The number of nitrogens with one attached hydrogen (secondary N) is 1. The number of hydrogen-bond donors (Lipinski definition) is 1. The average Bonchev–Trinajstić information content (AvgIpc) is 2.68. The fourth-order valence-corrected chi connectivity index (χ4v) is 2.64. The van der Waals surface area contributed by atoms with Crippen molar-refractivity contribution >= 4 is 17.5 Å². The fraction of sp³-hybridized carbons (Fsp3) is 0.333. The molecule has 144 valence electrons. The molecule has 0 aliphatic rings. The van der Waals surface area contributed by atoms with Gasteiger partial charge in [-0.15, -0.1) is 0 Å². The lowest BCUT2D eigenvalue weighted by molar-refractivity contribution is -0.129. The number of carbonyl (C=O) groups is 2. The Morgan fingerprint density at radius 1 is 0.963 bits per heavy atom. The summed E-state index contributed by atoms with van der Waals surface area (Å²) in [7, 11) is 3.21. The summed E-state index contributed by atoms with van der Waals surface area (Å²) >= 11 is 0. The number of benzene rings is 2. The van der Waals surface area contributed by atoms with Gasteiger partial charge in [-0.2, -0.15) is 0 Å². The summed E-state index contributed by atoms with van der Waals surface area (Å²) in [5.74, 6) is 1.30. The third kappa shape index (κ3) is 6.66. The topological polar surface area (TPSA) is 67.9 Å². The molecule has 0 aromatic heterocycles. The van der Waals surface area contributed by atoms with Crippen molar-refractivity contribution in [2.45, 2.75) is 19.8 Å². The quantitative estimate of drug-likeness (QED) is 0.736. The molecular weight excluding hydrogens is 344 g/mol. The first kappa shape index (κ1) is 20.3. The van der Waals surface area contributed by atoms with Crippen molar-refractivity contribution in [1.82, 2.24) is 4.90 Å². The molecule has 0 unspecified atom stereocenters. The highest BCUT2D eigenvalue weighted by molar-refractivity contribution is 5.91. The van der Waals surface area contributed by atoms with Crippen LogP contribution < -0.4 is 14.8 Å². The normalized spacial score (nSPS) is 10.2. The van der Waals surface area contributed by atoms with Crippen LogP contribution in [0.5, 0.6) is 11.5 Å². The monoisotopic (exact) mass is 370 g/mol. The SMILES string of the molecule is COc1ccc(CCN(CCC(=O)Nc2cccc(OC)c2)C(C)=O)cc1. The largest absolute Gasteiger partial charge is 0.497 e. The highest BCUT2D eigenvalue weighted by atomic mass is 16.5. The zero-order valence-corrected chi connectivity index (χ0v) is 16.0. The fourth-order valence-electron chi connectivity index (χ4n) is 2.64. The Morgan fingerprint density at radius 3 is 2.30 bits per heavy atom. The van der Waals surface area contributed by atoms with Gasteiger partial charge in [0, 0.05) is 38.2 Å². The van der Waals surface area contributed by atoms with Crippen LogP contribution in [0.1, 0.15) is 18.9 Å². The van der Waals surface area contributed by atoms with E-state index < -0.39 is 0 Å². The molecule has 2 aromatic carbocycles. The first-order valence-electron chi connectivity index (χ1n) is 8.84. The molecule has 6 heteroatoms.